The number of carbonyl (C=O) groups is 1. The maximum Gasteiger partial charge on any atom is 0.290 e. The first-order valence-corrected chi connectivity index (χ1v) is 3.71. The lowest BCUT2D eigenvalue weighted by molar-refractivity contribution is -0.122. The Morgan fingerprint density at radius 2 is 2.17 bits per heavy atom. The summed E-state index contributed by atoms with van der Waals surface area (Å²) in [7, 11) is 0. The molecule has 0 radical (unpaired) electrons. The second kappa shape index (κ2) is 5.35. The van der Waals surface area contributed by atoms with Crippen LogP contribution in [0.25, 0.3) is 0 Å². The Morgan fingerprint density at radius 3 is 2.33 bits per heavy atom. The lowest BCUT2D eigenvalue weighted by Gasteiger charge is -1.95. The Bertz CT molecular complexity index is 231. The summed E-state index contributed by atoms with van der Waals surface area (Å²) in [5.74, 6) is 1.59. The Balaban J connectivity index is 0.000000354. The van der Waals surface area contributed by atoms with Crippen molar-refractivity contribution in [2.75, 3.05) is 0 Å². The summed E-state index contributed by atoms with van der Waals surface area (Å²) in [5, 5.41) is 6.89. The number of H-pyrrole nitrogens is 1. The molecule has 0 atom stereocenters. The lowest BCUT2D eigenvalue weighted by Crippen LogP contribution is -1.88. The molecule has 2 N–H and O–H groups in total. The van der Waals surface area contributed by atoms with E-state index in [9.17, 15) is 0 Å². The number of nitrogens with one attached hydrogen (secondary N) is 1. The molecule has 1 rings (SSSR count). The molecule has 0 saturated heterocycles. The summed E-state index contributed by atoms with van der Waals surface area (Å²) >= 11 is 0. The zero-order chi connectivity index (χ0) is 9.56. The van der Waals surface area contributed by atoms with Crippen molar-refractivity contribution < 1.29 is 9.90 Å². The van der Waals surface area contributed by atoms with E-state index < -0.39 is 0 Å². The highest BCUT2D eigenvalue weighted by atomic mass is 16.3. The van der Waals surface area contributed by atoms with Gasteiger partial charge in [0.15, 0.2) is 0 Å². The van der Waals surface area contributed by atoms with Gasteiger partial charge in [0.25, 0.3) is 6.47 Å². The van der Waals surface area contributed by atoms with Gasteiger partial charge in [0.1, 0.15) is 5.82 Å². The molecule has 0 saturated carbocycles. The van der Waals surface area contributed by atoms with Crippen LogP contribution in [0, 0.1) is 6.92 Å². The van der Waals surface area contributed by atoms with Gasteiger partial charge in [0.2, 0.25) is 0 Å². The predicted molar refractivity (Wildman–Crippen MR) is 46.1 cm³/mol. The van der Waals surface area contributed by atoms with Crippen LogP contribution in [0.15, 0.2) is 6.20 Å². The van der Waals surface area contributed by atoms with Crippen LogP contribution >= 0.6 is 0 Å². The van der Waals surface area contributed by atoms with E-state index in [1.54, 1.807) is 0 Å². The number of imidazole rings is 1. The number of aromatic nitrogens is 2. The second-order valence-corrected chi connectivity index (χ2v) is 2.71. The molecule has 0 aliphatic carbocycles. The third kappa shape index (κ3) is 3.75. The molecule has 68 valence electrons. The summed E-state index contributed by atoms with van der Waals surface area (Å²) in [4.78, 5) is 15.7. The molecule has 0 bridgehead atoms. The van der Waals surface area contributed by atoms with Crippen molar-refractivity contribution in [3.8, 4) is 0 Å². The number of rotatable bonds is 1. The van der Waals surface area contributed by atoms with Gasteiger partial charge in [-0.1, -0.05) is 13.8 Å². The summed E-state index contributed by atoms with van der Waals surface area (Å²) in [6, 6.07) is 0. The topological polar surface area (TPSA) is 66.0 Å². The van der Waals surface area contributed by atoms with E-state index in [4.69, 9.17) is 9.90 Å². The van der Waals surface area contributed by atoms with Crippen LogP contribution in [0.4, 0.5) is 0 Å². The van der Waals surface area contributed by atoms with Crippen LogP contribution in [-0.2, 0) is 4.79 Å². The van der Waals surface area contributed by atoms with Gasteiger partial charge in [-0.2, -0.15) is 0 Å². The van der Waals surface area contributed by atoms with Gasteiger partial charge in [-0.05, 0) is 6.92 Å². The summed E-state index contributed by atoms with van der Waals surface area (Å²) in [6.45, 7) is 6.01. The van der Waals surface area contributed by atoms with E-state index in [-0.39, 0.29) is 6.47 Å². The van der Waals surface area contributed by atoms with E-state index >= 15 is 0 Å². The highest BCUT2D eigenvalue weighted by molar-refractivity contribution is 5.32. The van der Waals surface area contributed by atoms with Crippen molar-refractivity contribution in [3.63, 3.8) is 0 Å². The minimum Gasteiger partial charge on any atom is -0.483 e. The van der Waals surface area contributed by atoms with E-state index in [2.05, 4.69) is 23.8 Å². The van der Waals surface area contributed by atoms with E-state index in [1.807, 2.05) is 13.1 Å². The molecule has 1 aromatic rings. The van der Waals surface area contributed by atoms with Crippen molar-refractivity contribution in [2.45, 2.75) is 26.7 Å². The van der Waals surface area contributed by atoms with Crippen LogP contribution in [0.5, 0.6) is 0 Å². The zero-order valence-corrected chi connectivity index (χ0v) is 7.53. The third-order valence-corrected chi connectivity index (χ3v) is 1.27. The van der Waals surface area contributed by atoms with Crippen molar-refractivity contribution in [3.05, 3.63) is 17.7 Å². The highest BCUT2D eigenvalue weighted by Gasteiger charge is 1.99. The van der Waals surface area contributed by atoms with Gasteiger partial charge in [0, 0.05) is 17.8 Å². The average Bonchev–Trinajstić information content (AvgIpc) is 2.37. The average molecular weight is 170 g/mol. The quantitative estimate of drug-likeness (QED) is 0.628. The maximum absolute atomic E-state index is 8.36. The molecular formula is C8H14N2O2. The fraction of sp³-hybridized carbons (Fsp3) is 0.500. The number of nitrogens with zero attached hydrogens (tertiary/aromatic N) is 1. The van der Waals surface area contributed by atoms with Crippen LogP contribution in [0.1, 0.15) is 31.3 Å². The zero-order valence-electron chi connectivity index (χ0n) is 7.53. The largest absolute Gasteiger partial charge is 0.483 e. The number of carboxylic acid groups (broad SMARTS) is 1. The van der Waals surface area contributed by atoms with Crippen LogP contribution in [0.2, 0.25) is 0 Å². The molecule has 1 aromatic heterocycles. The van der Waals surface area contributed by atoms with Crippen molar-refractivity contribution >= 4 is 6.47 Å². The van der Waals surface area contributed by atoms with Crippen LogP contribution in [0.3, 0.4) is 0 Å². The number of hydrogen-bond donors (Lipinski definition) is 2. The smallest absolute Gasteiger partial charge is 0.290 e. The second-order valence-electron chi connectivity index (χ2n) is 2.71. The van der Waals surface area contributed by atoms with Gasteiger partial charge < -0.3 is 10.1 Å². The highest BCUT2D eigenvalue weighted by Crippen LogP contribution is 2.07. The predicted octanol–water partition coefficient (Wildman–Crippen LogP) is 1.54. The van der Waals surface area contributed by atoms with Gasteiger partial charge in [-0.15, -0.1) is 0 Å². The van der Waals surface area contributed by atoms with Gasteiger partial charge in [-0.25, -0.2) is 4.98 Å². The minimum absolute atomic E-state index is 0.250. The first-order chi connectivity index (χ1) is 5.61. The molecule has 0 fully saturated rings. The van der Waals surface area contributed by atoms with E-state index in [0.717, 1.165) is 11.5 Å². The minimum atomic E-state index is -0.250. The molecule has 1 heterocycles. The fourth-order valence-corrected chi connectivity index (χ4v) is 0.726. The fourth-order valence-electron chi connectivity index (χ4n) is 0.726. The summed E-state index contributed by atoms with van der Waals surface area (Å²) < 4.78 is 0. The van der Waals surface area contributed by atoms with Gasteiger partial charge in [-0.3, -0.25) is 4.79 Å². The first kappa shape index (κ1) is 10.7. The molecule has 4 heteroatoms. The van der Waals surface area contributed by atoms with Gasteiger partial charge >= 0.3 is 0 Å². The van der Waals surface area contributed by atoms with Crippen molar-refractivity contribution in [1.29, 1.82) is 0 Å². The molecule has 0 aliphatic heterocycles. The molecule has 0 spiro atoms. The summed E-state index contributed by atoms with van der Waals surface area (Å²) in [6.07, 6.45) is 1.86. The Morgan fingerprint density at radius 1 is 1.67 bits per heavy atom. The standard InChI is InChI=1S/C7H12N2.CH2O2/c1-5(2)7-8-4-6(3)9-7;2-1-3/h4-5H,1-3H3,(H,8,9);1H,(H,2,3). The van der Waals surface area contributed by atoms with Crippen molar-refractivity contribution in [1.82, 2.24) is 9.97 Å². The molecule has 12 heavy (non-hydrogen) atoms. The number of aromatic amines is 1. The Hall–Kier alpha value is -1.32. The molecule has 0 aliphatic rings. The third-order valence-electron chi connectivity index (χ3n) is 1.27. The molecule has 0 amide bonds. The normalized spacial score (nSPS) is 9.00. The molecule has 0 aromatic carbocycles. The number of aryl methyl sites for hydroxylation is 1. The Kier molecular flexibility index (Phi) is 4.76. The SMILES string of the molecule is Cc1cnc(C(C)C)[nH]1.O=CO. The lowest BCUT2D eigenvalue weighted by atomic mass is 10.2. The van der Waals surface area contributed by atoms with Crippen LogP contribution in [-0.4, -0.2) is 21.5 Å². The van der Waals surface area contributed by atoms with E-state index in [1.165, 1.54) is 0 Å². The van der Waals surface area contributed by atoms with Gasteiger partial charge in [0.05, 0.1) is 0 Å². The maximum atomic E-state index is 8.36. The summed E-state index contributed by atoms with van der Waals surface area (Å²) in [5.41, 5.74) is 1.14. The van der Waals surface area contributed by atoms with Crippen LogP contribution < -0.4 is 0 Å². The van der Waals surface area contributed by atoms with E-state index in [0.29, 0.717) is 5.92 Å². The van der Waals surface area contributed by atoms with Crippen molar-refractivity contribution in [2.24, 2.45) is 0 Å². The Labute approximate surface area is 71.6 Å². The molecule has 4 nitrogen and oxygen atoms in total. The monoisotopic (exact) mass is 170 g/mol. The first-order valence-electron chi connectivity index (χ1n) is 3.71. The number of hydrogen-bond acceptors (Lipinski definition) is 2. The molecule has 0 unspecified atom stereocenters. The molecular weight excluding hydrogens is 156 g/mol.